The van der Waals surface area contributed by atoms with E-state index in [0.717, 1.165) is 0 Å². The second kappa shape index (κ2) is 2.26. The summed E-state index contributed by atoms with van der Waals surface area (Å²) in [6, 6.07) is 0. The third kappa shape index (κ3) is 0.746. The number of carbonyl (C=O) groups is 1. The van der Waals surface area contributed by atoms with Gasteiger partial charge in [-0.15, -0.1) is 0 Å². The first-order chi connectivity index (χ1) is 5.83. The average Bonchev–Trinajstić information content (AvgIpc) is 2.49. The lowest BCUT2D eigenvalue weighted by atomic mass is 10.3. The van der Waals surface area contributed by atoms with E-state index in [-0.39, 0.29) is 11.5 Å². The van der Waals surface area contributed by atoms with Crippen molar-refractivity contribution in [1.29, 1.82) is 0 Å². The fraction of sp³-hybridized carbons (Fsp3) is 0. The van der Waals surface area contributed by atoms with Gasteiger partial charge in [0, 0.05) is 0 Å². The molecule has 0 atom stereocenters. The van der Waals surface area contributed by atoms with Crippen LogP contribution in [0.3, 0.4) is 0 Å². The highest BCUT2D eigenvalue weighted by atomic mass is 16.1. The Balaban J connectivity index is 2.91. The molecular weight excluding hydrogens is 158 g/mol. The SMILES string of the molecule is Nc1ncnc2[nH]nc(C=O)c12. The molecular formula is C6H5N5O. The summed E-state index contributed by atoms with van der Waals surface area (Å²) in [5.41, 5.74) is 6.22. The summed E-state index contributed by atoms with van der Waals surface area (Å²) in [6.45, 7) is 0. The molecule has 2 aromatic rings. The zero-order valence-corrected chi connectivity index (χ0v) is 5.98. The van der Waals surface area contributed by atoms with Gasteiger partial charge < -0.3 is 5.73 Å². The molecule has 0 aliphatic rings. The Labute approximate surface area is 66.8 Å². The zero-order chi connectivity index (χ0) is 8.55. The van der Waals surface area contributed by atoms with Crippen LogP contribution in [0.1, 0.15) is 10.5 Å². The van der Waals surface area contributed by atoms with Gasteiger partial charge in [0.05, 0.1) is 5.39 Å². The molecule has 0 amide bonds. The minimum atomic E-state index is 0.239. The molecule has 0 aromatic carbocycles. The largest absolute Gasteiger partial charge is 0.383 e. The third-order valence-electron chi connectivity index (χ3n) is 1.53. The first-order valence-electron chi connectivity index (χ1n) is 3.22. The number of aldehydes is 1. The van der Waals surface area contributed by atoms with E-state index in [4.69, 9.17) is 5.73 Å². The quantitative estimate of drug-likeness (QED) is 0.565. The van der Waals surface area contributed by atoms with Crippen LogP contribution in [0.2, 0.25) is 0 Å². The number of anilines is 1. The molecule has 6 heteroatoms. The van der Waals surface area contributed by atoms with Crippen molar-refractivity contribution >= 4 is 23.1 Å². The number of hydrogen-bond donors (Lipinski definition) is 2. The third-order valence-corrected chi connectivity index (χ3v) is 1.53. The molecule has 0 spiro atoms. The van der Waals surface area contributed by atoms with Crippen LogP contribution in [-0.4, -0.2) is 26.5 Å². The monoisotopic (exact) mass is 163 g/mol. The number of nitrogen functional groups attached to an aromatic ring is 1. The minimum Gasteiger partial charge on any atom is -0.383 e. The van der Waals surface area contributed by atoms with Gasteiger partial charge in [0.2, 0.25) is 0 Å². The van der Waals surface area contributed by atoms with Crippen molar-refractivity contribution in [3.8, 4) is 0 Å². The molecule has 2 rings (SSSR count). The smallest absolute Gasteiger partial charge is 0.171 e. The van der Waals surface area contributed by atoms with Crippen molar-refractivity contribution < 1.29 is 4.79 Å². The van der Waals surface area contributed by atoms with E-state index >= 15 is 0 Å². The van der Waals surface area contributed by atoms with Crippen LogP contribution in [0.25, 0.3) is 11.0 Å². The fourth-order valence-electron chi connectivity index (χ4n) is 0.991. The average molecular weight is 163 g/mol. The Morgan fingerprint density at radius 2 is 2.33 bits per heavy atom. The summed E-state index contributed by atoms with van der Waals surface area (Å²) < 4.78 is 0. The zero-order valence-electron chi connectivity index (χ0n) is 5.98. The van der Waals surface area contributed by atoms with Gasteiger partial charge in [0.25, 0.3) is 0 Å². The number of rotatable bonds is 1. The molecule has 0 unspecified atom stereocenters. The van der Waals surface area contributed by atoms with E-state index in [1.54, 1.807) is 0 Å². The highest BCUT2D eigenvalue weighted by Crippen LogP contribution is 2.16. The van der Waals surface area contributed by atoms with Crippen molar-refractivity contribution in [3.05, 3.63) is 12.0 Å². The maximum Gasteiger partial charge on any atom is 0.171 e. The van der Waals surface area contributed by atoms with Crippen LogP contribution in [0.5, 0.6) is 0 Å². The van der Waals surface area contributed by atoms with Crippen molar-refractivity contribution in [2.45, 2.75) is 0 Å². The maximum absolute atomic E-state index is 10.4. The van der Waals surface area contributed by atoms with Gasteiger partial charge in [-0.25, -0.2) is 9.97 Å². The topological polar surface area (TPSA) is 97.6 Å². The molecule has 0 fully saturated rings. The number of aromatic nitrogens is 4. The van der Waals surface area contributed by atoms with Crippen molar-refractivity contribution in [2.75, 3.05) is 5.73 Å². The van der Waals surface area contributed by atoms with Gasteiger partial charge in [-0.05, 0) is 0 Å². The summed E-state index contributed by atoms with van der Waals surface area (Å²) in [5.74, 6) is 0.260. The molecule has 0 saturated heterocycles. The molecule has 2 aromatic heterocycles. The second-order valence-corrected chi connectivity index (χ2v) is 2.21. The maximum atomic E-state index is 10.4. The molecule has 0 radical (unpaired) electrons. The summed E-state index contributed by atoms with van der Waals surface area (Å²) in [5, 5.41) is 6.75. The standard InChI is InChI=1S/C6H5N5O/c7-5-4-3(1-12)10-11-6(4)9-2-8-5/h1-2H,(H3,7,8,9,10,11). The molecule has 2 heterocycles. The number of nitrogens with one attached hydrogen (secondary N) is 1. The van der Waals surface area contributed by atoms with Crippen LogP contribution >= 0.6 is 0 Å². The van der Waals surface area contributed by atoms with E-state index in [1.165, 1.54) is 6.33 Å². The number of H-pyrrole nitrogens is 1. The Morgan fingerprint density at radius 3 is 3.08 bits per heavy atom. The van der Waals surface area contributed by atoms with Gasteiger partial charge in [-0.2, -0.15) is 5.10 Å². The highest BCUT2D eigenvalue weighted by molar-refractivity contribution is 5.98. The number of nitrogens with two attached hydrogens (primary N) is 1. The summed E-state index contributed by atoms with van der Waals surface area (Å²) in [7, 11) is 0. The van der Waals surface area contributed by atoms with E-state index < -0.39 is 0 Å². The van der Waals surface area contributed by atoms with Crippen molar-refractivity contribution in [2.24, 2.45) is 0 Å². The first-order valence-corrected chi connectivity index (χ1v) is 3.22. The van der Waals surface area contributed by atoms with E-state index in [1.807, 2.05) is 0 Å². The van der Waals surface area contributed by atoms with Crippen LogP contribution in [0.15, 0.2) is 6.33 Å². The molecule has 0 bridgehead atoms. The van der Waals surface area contributed by atoms with Crippen LogP contribution in [0.4, 0.5) is 5.82 Å². The van der Waals surface area contributed by atoms with Crippen LogP contribution in [0, 0.1) is 0 Å². The predicted octanol–water partition coefficient (Wildman–Crippen LogP) is -0.252. The number of aromatic amines is 1. The van der Waals surface area contributed by atoms with E-state index in [2.05, 4.69) is 20.2 Å². The van der Waals surface area contributed by atoms with Crippen molar-refractivity contribution in [1.82, 2.24) is 20.2 Å². The molecule has 12 heavy (non-hydrogen) atoms. The van der Waals surface area contributed by atoms with Gasteiger partial charge in [0.15, 0.2) is 11.9 Å². The Bertz CT molecular complexity index is 434. The number of carbonyl (C=O) groups excluding carboxylic acids is 1. The number of fused-ring (bicyclic) bond motifs is 1. The van der Waals surface area contributed by atoms with Gasteiger partial charge in [-0.1, -0.05) is 0 Å². The lowest BCUT2D eigenvalue weighted by molar-refractivity contribution is 0.112. The van der Waals surface area contributed by atoms with E-state index in [9.17, 15) is 4.79 Å². The molecule has 0 aliphatic carbocycles. The second-order valence-electron chi connectivity index (χ2n) is 2.21. The lowest BCUT2D eigenvalue weighted by Gasteiger charge is -1.91. The minimum absolute atomic E-state index is 0.239. The normalized spacial score (nSPS) is 10.3. The Kier molecular flexibility index (Phi) is 1.26. The predicted molar refractivity (Wildman–Crippen MR) is 41.5 cm³/mol. The Morgan fingerprint density at radius 1 is 1.50 bits per heavy atom. The van der Waals surface area contributed by atoms with Crippen LogP contribution in [-0.2, 0) is 0 Å². The first kappa shape index (κ1) is 6.71. The van der Waals surface area contributed by atoms with Gasteiger partial charge >= 0.3 is 0 Å². The summed E-state index contributed by atoms with van der Waals surface area (Å²) in [4.78, 5) is 18.0. The number of hydrogen-bond acceptors (Lipinski definition) is 5. The molecule has 0 saturated carbocycles. The van der Waals surface area contributed by atoms with Crippen LogP contribution < -0.4 is 5.73 Å². The molecule has 0 aliphatic heterocycles. The van der Waals surface area contributed by atoms with E-state index in [0.29, 0.717) is 17.3 Å². The van der Waals surface area contributed by atoms with Gasteiger partial charge in [-0.3, -0.25) is 9.89 Å². The van der Waals surface area contributed by atoms with Gasteiger partial charge in [0.1, 0.15) is 17.8 Å². The molecule has 60 valence electrons. The molecule has 3 N–H and O–H groups in total. The lowest BCUT2D eigenvalue weighted by Crippen LogP contribution is -1.93. The highest BCUT2D eigenvalue weighted by Gasteiger charge is 2.08. The molecule has 6 nitrogen and oxygen atoms in total. The number of nitrogens with zero attached hydrogens (tertiary/aromatic N) is 3. The van der Waals surface area contributed by atoms with Crippen molar-refractivity contribution in [3.63, 3.8) is 0 Å². The fourth-order valence-corrected chi connectivity index (χ4v) is 0.991. The summed E-state index contributed by atoms with van der Waals surface area (Å²) in [6.07, 6.45) is 1.92. The summed E-state index contributed by atoms with van der Waals surface area (Å²) >= 11 is 0. The Hall–Kier alpha value is -1.98.